The number of hydrogen-bond acceptors (Lipinski definition) is 3. The molecule has 0 amide bonds. The van der Waals surface area contributed by atoms with Crippen LogP contribution in [0.1, 0.15) is 12.8 Å². The van der Waals surface area contributed by atoms with Gasteiger partial charge in [0.1, 0.15) is 0 Å². The highest BCUT2D eigenvalue weighted by molar-refractivity contribution is 7.85. The highest BCUT2D eigenvalue weighted by atomic mass is 32.2. The fourth-order valence-electron chi connectivity index (χ4n) is 1.65. The molecule has 2 rings (SSSR count). The van der Waals surface area contributed by atoms with Gasteiger partial charge in [-0.05, 0) is 19.9 Å². The van der Waals surface area contributed by atoms with Gasteiger partial charge in [0.25, 0.3) is 0 Å². The van der Waals surface area contributed by atoms with Crippen molar-refractivity contribution in [2.45, 2.75) is 24.1 Å². The molecule has 1 aliphatic heterocycles. The summed E-state index contributed by atoms with van der Waals surface area (Å²) >= 11 is 0. The Morgan fingerprint density at radius 1 is 1.46 bits per heavy atom. The Morgan fingerprint density at radius 2 is 2.15 bits per heavy atom. The van der Waals surface area contributed by atoms with Crippen LogP contribution < -0.4 is 5.32 Å². The van der Waals surface area contributed by atoms with E-state index >= 15 is 0 Å². The monoisotopic (exact) mass is 202 g/mol. The number of nitrogens with zero attached hydrogens (tertiary/aromatic N) is 1. The minimum Gasteiger partial charge on any atom is -0.315 e. The van der Waals surface area contributed by atoms with Gasteiger partial charge in [-0.15, -0.1) is 0 Å². The zero-order valence-corrected chi connectivity index (χ0v) is 8.98. The minimum atomic E-state index is -0.524. The smallest absolute Gasteiger partial charge is 0.0365 e. The summed E-state index contributed by atoms with van der Waals surface area (Å²) in [5.41, 5.74) is 0. The average molecular weight is 202 g/mol. The van der Waals surface area contributed by atoms with Crippen LogP contribution in [0, 0.1) is 0 Å². The van der Waals surface area contributed by atoms with E-state index in [1.54, 1.807) is 0 Å². The third-order valence-corrected chi connectivity index (χ3v) is 4.67. The Hall–Kier alpha value is 0.0700. The third kappa shape index (κ3) is 2.51. The number of rotatable bonds is 5. The molecule has 0 aromatic heterocycles. The molecule has 0 radical (unpaired) electrons. The maximum Gasteiger partial charge on any atom is 0.0365 e. The van der Waals surface area contributed by atoms with Gasteiger partial charge in [0, 0.05) is 47.5 Å². The fraction of sp³-hybridized carbons (Fsp3) is 1.00. The lowest BCUT2D eigenvalue weighted by molar-refractivity contribution is 0.141. The third-order valence-electron chi connectivity index (χ3n) is 2.87. The van der Waals surface area contributed by atoms with Crippen LogP contribution in [0.25, 0.3) is 0 Å². The normalized spacial score (nSPS) is 27.2. The van der Waals surface area contributed by atoms with Crippen LogP contribution >= 0.6 is 0 Å². The van der Waals surface area contributed by atoms with E-state index in [2.05, 4.69) is 10.2 Å². The molecule has 13 heavy (non-hydrogen) atoms. The predicted octanol–water partition coefficient (Wildman–Crippen LogP) is -0.199. The Kier molecular flexibility index (Phi) is 3.01. The van der Waals surface area contributed by atoms with Crippen molar-refractivity contribution in [1.82, 2.24) is 10.2 Å². The van der Waals surface area contributed by atoms with E-state index in [1.165, 1.54) is 12.8 Å². The largest absolute Gasteiger partial charge is 0.315 e. The molecule has 1 saturated heterocycles. The van der Waals surface area contributed by atoms with Crippen molar-refractivity contribution in [3.05, 3.63) is 0 Å². The zero-order valence-electron chi connectivity index (χ0n) is 8.16. The molecule has 1 saturated carbocycles. The van der Waals surface area contributed by atoms with E-state index in [1.807, 2.05) is 7.05 Å². The van der Waals surface area contributed by atoms with Crippen LogP contribution in [-0.4, -0.2) is 52.8 Å². The quantitative estimate of drug-likeness (QED) is 0.670. The van der Waals surface area contributed by atoms with Crippen LogP contribution in [0.4, 0.5) is 0 Å². The topological polar surface area (TPSA) is 32.3 Å². The van der Waals surface area contributed by atoms with Crippen LogP contribution in [0.15, 0.2) is 0 Å². The molecule has 3 nitrogen and oxygen atoms in total. The van der Waals surface area contributed by atoms with E-state index < -0.39 is 10.8 Å². The Bertz CT molecular complexity index is 200. The molecular formula is C9H18N2OS. The number of nitrogens with one attached hydrogen (secondary N) is 1. The lowest BCUT2D eigenvalue weighted by Gasteiger charge is -2.38. The summed E-state index contributed by atoms with van der Waals surface area (Å²) in [4.78, 5) is 2.38. The number of hydrogen-bond donors (Lipinski definition) is 1. The highest BCUT2D eigenvalue weighted by Crippen LogP contribution is 2.26. The van der Waals surface area contributed by atoms with Crippen LogP contribution in [0.5, 0.6) is 0 Å². The second-order valence-electron chi connectivity index (χ2n) is 4.03. The van der Waals surface area contributed by atoms with Crippen molar-refractivity contribution in [1.29, 1.82) is 0 Å². The van der Waals surface area contributed by atoms with Crippen molar-refractivity contribution in [3.8, 4) is 0 Å². The summed E-state index contributed by atoms with van der Waals surface area (Å²) in [6.07, 6.45) is 2.40. The Balaban J connectivity index is 1.56. The second kappa shape index (κ2) is 4.07. The summed E-state index contributed by atoms with van der Waals surface area (Å²) in [5, 5.41) is 3.79. The van der Waals surface area contributed by atoms with E-state index in [0.29, 0.717) is 11.3 Å². The van der Waals surface area contributed by atoms with E-state index in [0.717, 1.165) is 25.4 Å². The second-order valence-corrected chi connectivity index (χ2v) is 5.87. The first-order valence-electron chi connectivity index (χ1n) is 5.06. The number of likely N-dealkylation sites (N-methyl/N-ethyl adjacent to an activating group) is 1. The van der Waals surface area contributed by atoms with Gasteiger partial charge < -0.3 is 5.32 Å². The van der Waals surface area contributed by atoms with Crippen molar-refractivity contribution in [3.63, 3.8) is 0 Å². The van der Waals surface area contributed by atoms with E-state index in [9.17, 15) is 4.21 Å². The van der Waals surface area contributed by atoms with Crippen molar-refractivity contribution in [2.75, 3.05) is 32.4 Å². The minimum absolute atomic E-state index is 0.524. The first-order valence-corrected chi connectivity index (χ1v) is 6.44. The Labute approximate surface area is 82.3 Å². The molecule has 1 N–H and O–H groups in total. The maximum absolute atomic E-state index is 11.5. The Morgan fingerprint density at radius 3 is 2.69 bits per heavy atom. The predicted molar refractivity (Wildman–Crippen MR) is 55.3 cm³/mol. The summed E-state index contributed by atoms with van der Waals surface area (Å²) in [7, 11) is 1.48. The molecule has 2 aliphatic rings. The first kappa shape index (κ1) is 9.62. The van der Waals surface area contributed by atoms with E-state index in [-0.39, 0.29) is 0 Å². The van der Waals surface area contributed by atoms with Crippen molar-refractivity contribution in [2.24, 2.45) is 0 Å². The molecule has 2 fully saturated rings. The molecule has 0 aromatic rings. The standard InChI is InChI=1S/C9H18N2OS/c1-10-8-6-11(7-8)4-5-13(12)9-2-3-9/h8-10H,2-7H2,1H3. The molecule has 1 aliphatic carbocycles. The van der Waals surface area contributed by atoms with Crippen LogP contribution in [0.3, 0.4) is 0 Å². The van der Waals surface area contributed by atoms with Gasteiger partial charge in [-0.2, -0.15) is 0 Å². The van der Waals surface area contributed by atoms with E-state index in [4.69, 9.17) is 0 Å². The van der Waals surface area contributed by atoms with Gasteiger partial charge in [0.2, 0.25) is 0 Å². The highest BCUT2D eigenvalue weighted by Gasteiger charge is 2.30. The average Bonchev–Trinajstić information content (AvgIpc) is 2.83. The summed E-state index contributed by atoms with van der Waals surface area (Å²) < 4.78 is 11.5. The molecule has 0 aromatic carbocycles. The molecule has 1 unspecified atom stereocenters. The van der Waals surface area contributed by atoms with Crippen LogP contribution in [0.2, 0.25) is 0 Å². The molecule has 0 spiro atoms. The van der Waals surface area contributed by atoms with Gasteiger partial charge in [-0.1, -0.05) is 0 Å². The first-order chi connectivity index (χ1) is 6.29. The number of likely N-dealkylation sites (tertiary alicyclic amines) is 1. The zero-order chi connectivity index (χ0) is 9.26. The van der Waals surface area contributed by atoms with Gasteiger partial charge in [0.15, 0.2) is 0 Å². The van der Waals surface area contributed by atoms with Gasteiger partial charge >= 0.3 is 0 Å². The lowest BCUT2D eigenvalue weighted by Crippen LogP contribution is -2.57. The summed E-state index contributed by atoms with van der Waals surface area (Å²) in [6, 6.07) is 0.675. The molecule has 4 heteroatoms. The molecule has 1 heterocycles. The lowest BCUT2D eigenvalue weighted by atomic mass is 10.1. The van der Waals surface area contributed by atoms with Crippen molar-refractivity contribution >= 4 is 10.8 Å². The molecular weight excluding hydrogens is 184 g/mol. The fourth-order valence-corrected chi connectivity index (χ4v) is 3.09. The summed E-state index contributed by atoms with van der Waals surface area (Å²) in [6.45, 7) is 3.30. The SMILES string of the molecule is CNC1CN(CCS(=O)C2CC2)C1. The maximum atomic E-state index is 11.5. The van der Waals surface area contributed by atoms with Gasteiger partial charge in [0.05, 0.1) is 0 Å². The van der Waals surface area contributed by atoms with Gasteiger partial charge in [-0.25, -0.2) is 0 Å². The van der Waals surface area contributed by atoms with Crippen LogP contribution in [-0.2, 0) is 10.8 Å². The molecule has 0 bridgehead atoms. The molecule has 1 atom stereocenters. The van der Waals surface area contributed by atoms with Crippen molar-refractivity contribution < 1.29 is 4.21 Å². The molecule has 76 valence electrons. The summed E-state index contributed by atoms with van der Waals surface area (Å²) in [5.74, 6) is 0.890. The van der Waals surface area contributed by atoms with Gasteiger partial charge in [-0.3, -0.25) is 9.11 Å².